The van der Waals surface area contributed by atoms with Crippen LogP contribution in [0.5, 0.6) is 0 Å². The van der Waals surface area contributed by atoms with Crippen molar-refractivity contribution in [3.8, 4) is 0 Å². The molecule has 7 nitrogen and oxygen atoms in total. The molecule has 0 saturated carbocycles. The summed E-state index contributed by atoms with van der Waals surface area (Å²) in [5, 5.41) is 0. The van der Waals surface area contributed by atoms with Gasteiger partial charge in [0.1, 0.15) is 0 Å². The largest absolute Gasteiger partial charge is 1.00 e. The smallest absolute Gasteiger partial charge is 1.00 e. The van der Waals surface area contributed by atoms with Crippen LogP contribution in [0.1, 0.15) is 1.43 Å². The van der Waals surface area contributed by atoms with Crippen molar-refractivity contribution >= 4 is 17.0 Å². The van der Waals surface area contributed by atoms with Crippen LogP contribution < -0.4 is 18.9 Å². The first-order valence-electron chi connectivity index (χ1n) is 1.43. The Kier molecular flexibility index (Phi) is 12.4. The molecule has 0 atom stereocenters. The van der Waals surface area contributed by atoms with Crippen molar-refractivity contribution in [1.82, 2.24) is 0 Å². The summed E-state index contributed by atoms with van der Waals surface area (Å²) in [6, 6.07) is 0. The number of phosphoric acid groups is 1. The molecule has 0 fully saturated rings. The number of hydrogen-bond acceptors (Lipinski definition) is 2. The summed E-state index contributed by atoms with van der Waals surface area (Å²) in [6.07, 6.45) is 0. The molecule has 0 aliphatic rings. The average molecular weight is 184 g/mol. The maximum atomic E-state index is 8.88. The van der Waals surface area contributed by atoms with E-state index in [1.807, 2.05) is 0 Å². The molecule has 0 rings (SSSR count). The minimum absolute atomic E-state index is 0. The van der Waals surface area contributed by atoms with Crippen LogP contribution >= 0.6 is 7.82 Å². The van der Waals surface area contributed by atoms with Crippen molar-refractivity contribution in [2.45, 2.75) is 0 Å². The second-order valence-corrected chi connectivity index (χ2v) is 2.39. The summed E-state index contributed by atoms with van der Waals surface area (Å²) in [5.41, 5.74) is 0. The topological polar surface area (TPSA) is 135 Å². The minimum atomic E-state index is -4.64. The Labute approximate surface area is 71.1 Å². The van der Waals surface area contributed by atoms with Crippen LogP contribution in [-0.2, 0) is 9.03 Å². The summed E-state index contributed by atoms with van der Waals surface area (Å²) in [5.74, 6) is 0. The Hall–Kier alpha value is 0.324. The van der Waals surface area contributed by atoms with Gasteiger partial charge < -0.3 is 25.7 Å². The number of hydrogen-bond donors (Lipinski definition) is 5. The van der Waals surface area contributed by atoms with Crippen LogP contribution in [0.25, 0.3) is 0 Å². The Bertz CT molecular complexity index is 118. The normalized spacial score (nSPS) is 8.30. The van der Waals surface area contributed by atoms with E-state index in [9.17, 15) is 0 Å². The predicted octanol–water partition coefficient (Wildman–Crippen LogP) is -5.43. The molecule has 0 aromatic carbocycles. The Morgan fingerprint density at radius 3 is 1.20 bits per heavy atom. The minimum Gasteiger partial charge on any atom is -1.00 e. The van der Waals surface area contributed by atoms with Gasteiger partial charge in [0.05, 0.1) is 0 Å². The zero-order chi connectivity index (χ0) is 8.08. The van der Waals surface area contributed by atoms with Crippen molar-refractivity contribution in [1.29, 1.82) is 0 Å². The molecular weight excluding hydrogens is 178 g/mol. The fourth-order valence-corrected chi connectivity index (χ4v) is 0. The van der Waals surface area contributed by atoms with Gasteiger partial charge in [0.15, 0.2) is 0 Å². The molecule has 0 aromatic heterocycles. The van der Waals surface area contributed by atoms with E-state index in [0.717, 1.165) is 0 Å². The van der Waals surface area contributed by atoms with Crippen molar-refractivity contribution in [2.75, 3.05) is 0 Å². The molecule has 0 aromatic rings. The maximum Gasteiger partial charge on any atom is 1.00 e. The van der Waals surface area contributed by atoms with E-state index >= 15 is 0 Å². The Morgan fingerprint density at radius 2 is 1.20 bits per heavy atom. The van der Waals surface area contributed by atoms with E-state index in [4.69, 9.17) is 33.3 Å². The number of rotatable bonds is 0. The van der Waals surface area contributed by atoms with Gasteiger partial charge in [0.2, 0.25) is 0 Å². The molecule has 0 spiro atoms. The molecule has 0 aliphatic carbocycles. The zero-order valence-electron chi connectivity index (χ0n) is 6.00. The molecule has 0 aliphatic heterocycles. The van der Waals surface area contributed by atoms with Gasteiger partial charge in [-0.1, -0.05) is 0 Å². The second-order valence-electron chi connectivity index (χ2n) is 0.796. The summed E-state index contributed by atoms with van der Waals surface area (Å²) >= 11 is 0. The van der Waals surface area contributed by atoms with Crippen LogP contribution in [0, 0.1) is 0 Å². The molecule has 5 N–H and O–H groups in total. The first-order chi connectivity index (χ1) is 3.73. The summed E-state index contributed by atoms with van der Waals surface area (Å²) in [4.78, 5) is 35.9. The quantitative estimate of drug-likeness (QED) is 0.187. The van der Waals surface area contributed by atoms with Gasteiger partial charge in [0.25, 0.3) is 0 Å². The summed E-state index contributed by atoms with van der Waals surface area (Å²) in [6.45, 7) is 0. The SMILES string of the molecule is O=P(O)(O)O.O=[Si](O)O.[H-].[Li+]. The van der Waals surface area contributed by atoms with E-state index in [1.165, 1.54) is 0 Å². The van der Waals surface area contributed by atoms with Crippen LogP contribution in [0.4, 0.5) is 0 Å². The van der Waals surface area contributed by atoms with E-state index < -0.39 is 17.0 Å². The first-order valence-corrected chi connectivity index (χ1v) is 4.30. The standard InChI is InChI=1S/Li.H3O4P.H2O3Si.H/c;1-5(2,3)4;1-4(2)3;/h;(H3,1,2,3,4);1-2H;/q+1;;;-1. The molecule has 0 heterocycles. The molecular formula is H6LiO7PSi. The fourth-order valence-electron chi connectivity index (χ4n) is 0. The monoisotopic (exact) mass is 184 g/mol. The summed E-state index contributed by atoms with van der Waals surface area (Å²) in [7, 11) is -7.77. The average Bonchev–Trinajstić information content (AvgIpc) is 1.19. The summed E-state index contributed by atoms with van der Waals surface area (Å²) < 4.78 is 17.6. The van der Waals surface area contributed by atoms with Gasteiger partial charge in [-0.05, 0) is 0 Å². The molecule has 10 heteroatoms. The third-order valence-corrected chi connectivity index (χ3v) is 0. The third-order valence-electron chi connectivity index (χ3n) is 0. The fraction of sp³-hybridized carbons (Fsp3) is 0. The van der Waals surface area contributed by atoms with E-state index in [-0.39, 0.29) is 20.3 Å². The van der Waals surface area contributed by atoms with Gasteiger partial charge >= 0.3 is 35.9 Å². The van der Waals surface area contributed by atoms with Crippen molar-refractivity contribution in [3.05, 3.63) is 0 Å². The molecule has 0 bridgehead atoms. The molecule has 58 valence electrons. The predicted molar refractivity (Wildman–Crippen MR) is 26.3 cm³/mol. The van der Waals surface area contributed by atoms with Gasteiger partial charge in [-0.25, -0.2) is 4.57 Å². The van der Waals surface area contributed by atoms with E-state index in [1.54, 1.807) is 0 Å². The second kappa shape index (κ2) is 7.43. The molecule has 0 unspecified atom stereocenters. The zero-order valence-corrected chi connectivity index (χ0v) is 6.89. The molecule has 0 saturated heterocycles. The van der Waals surface area contributed by atoms with Crippen LogP contribution in [0.15, 0.2) is 0 Å². The molecule has 10 heavy (non-hydrogen) atoms. The van der Waals surface area contributed by atoms with Gasteiger partial charge in [0, 0.05) is 0 Å². The van der Waals surface area contributed by atoms with E-state index in [0.29, 0.717) is 0 Å². The van der Waals surface area contributed by atoms with Crippen molar-refractivity contribution < 1.29 is 53.6 Å². The van der Waals surface area contributed by atoms with Crippen molar-refractivity contribution in [3.63, 3.8) is 0 Å². The Balaban J connectivity index is -0.0000000383. The van der Waals surface area contributed by atoms with Crippen LogP contribution in [0.2, 0.25) is 0 Å². The Morgan fingerprint density at radius 1 is 1.20 bits per heavy atom. The van der Waals surface area contributed by atoms with Crippen LogP contribution in [0.3, 0.4) is 0 Å². The molecule has 0 amide bonds. The maximum absolute atomic E-state index is 8.88. The van der Waals surface area contributed by atoms with Gasteiger partial charge in [-0.15, -0.1) is 0 Å². The third kappa shape index (κ3) is 4250. The van der Waals surface area contributed by atoms with Gasteiger partial charge in [-0.2, -0.15) is 0 Å². The van der Waals surface area contributed by atoms with E-state index in [2.05, 4.69) is 0 Å². The molecule has 0 radical (unpaired) electrons. The first kappa shape index (κ1) is 16.7. The van der Waals surface area contributed by atoms with Crippen LogP contribution in [-0.4, -0.2) is 33.4 Å². The van der Waals surface area contributed by atoms with Gasteiger partial charge in [-0.3, -0.25) is 4.46 Å². The van der Waals surface area contributed by atoms with Crippen molar-refractivity contribution in [2.24, 2.45) is 0 Å².